The first-order chi connectivity index (χ1) is 35.8. The molecular formula is C66H127CrN5O2. The zero-order valence-electron chi connectivity index (χ0n) is 50.6. The number of nitriles is 1. The molecule has 1 aromatic rings. The molecule has 0 aliphatic rings. The summed E-state index contributed by atoms with van der Waals surface area (Å²) in [7, 11) is 1.65. The maximum absolute atomic E-state index is 11.6. The zero-order chi connectivity index (χ0) is 53.5. The van der Waals surface area contributed by atoms with Crippen LogP contribution in [-0.2, 0) is 17.4 Å². The van der Waals surface area contributed by atoms with E-state index < -0.39 is 6.10 Å². The van der Waals surface area contributed by atoms with Crippen LogP contribution in [0, 0.1) is 35.2 Å². The molecule has 74 heavy (non-hydrogen) atoms. The minimum Gasteiger partial charge on any atom is -0.579 e. The van der Waals surface area contributed by atoms with Crippen molar-refractivity contribution in [1.29, 1.82) is 5.26 Å². The molecule has 0 spiro atoms. The average molecular weight is 1070 g/mol. The van der Waals surface area contributed by atoms with E-state index in [-0.39, 0.29) is 23.3 Å². The second kappa shape index (κ2) is 59.5. The van der Waals surface area contributed by atoms with Gasteiger partial charge >= 0.3 is 17.4 Å². The molecule has 0 amide bonds. The van der Waals surface area contributed by atoms with Crippen molar-refractivity contribution in [1.82, 2.24) is 15.2 Å². The summed E-state index contributed by atoms with van der Waals surface area (Å²) in [5.41, 5.74) is 0. The van der Waals surface area contributed by atoms with E-state index in [2.05, 4.69) is 63.7 Å². The first-order valence-corrected chi connectivity index (χ1v) is 32.3. The van der Waals surface area contributed by atoms with Gasteiger partial charge in [-0.2, -0.15) is 23.5 Å². The van der Waals surface area contributed by atoms with Gasteiger partial charge in [-0.3, -0.25) is 5.23 Å². The first-order valence-electron chi connectivity index (χ1n) is 32.3. The largest absolute Gasteiger partial charge is 2.00 e. The Balaban J connectivity index is 0. The zero-order valence-corrected chi connectivity index (χ0v) is 51.9. The van der Waals surface area contributed by atoms with Gasteiger partial charge in [0.15, 0.2) is 0 Å². The quantitative estimate of drug-likeness (QED) is 0.0397. The van der Waals surface area contributed by atoms with Crippen LogP contribution in [0.25, 0.3) is 5.84 Å². The van der Waals surface area contributed by atoms with E-state index in [0.717, 1.165) is 44.5 Å². The van der Waals surface area contributed by atoms with Gasteiger partial charge < -0.3 is 15.7 Å². The molecule has 434 valence electrons. The summed E-state index contributed by atoms with van der Waals surface area (Å²) in [6, 6.07) is 12.9. The number of hydrogen-bond donors (Lipinski definition) is 1. The molecule has 0 saturated carbocycles. The Labute approximate surface area is 474 Å². The van der Waals surface area contributed by atoms with E-state index in [1.54, 1.807) is 12.3 Å². The van der Waals surface area contributed by atoms with Crippen molar-refractivity contribution in [2.75, 3.05) is 33.3 Å². The second-order valence-corrected chi connectivity index (χ2v) is 23.0. The molecule has 0 aliphatic heterocycles. The summed E-state index contributed by atoms with van der Waals surface area (Å²) in [6.45, 7) is 16.6. The predicted molar refractivity (Wildman–Crippen MR) is 320 cm³/mol. The van der Waals surface area contributed by atoms with Gasteiger partial charge in [-0.15, -0.1) is 12.1 Å². The third-order valence-electron chi connectivity index (χ3n) is 15.4. The van der Waals surface area contributed by atoms with Crippen LogP contribution >= 0.6 is 0 Å². The summed E-state index contributed by atoms with van der Waals surface area (Å²) in [4.78, 5) is 0. The molecule has 0 radical (unpaired) electrons. The Hall–Kier alpha value is -1.16. The number of nitrogens with zero attached hydrogens (tertiary/aromatic N) is 4. The van der Waals surface area contributed by atoms with Crippen LogP contribution in [0.4, 0.5) is 0 Å². The molecule has 0 heterocycles. The Morgan fingerprint density at radius 2 is 0.743 bits per heavy atom. The molecule has 7 nitrogen and oxygen atoms in total. The molecule has 4 unspecified atom stereocenters. The Kier molecular flexibility index (Phi) is 60.2. The fraction of sp³-hybridized carbons (Fsp3) is 0.894. The summed E-state index contributed by atoms with van der Waals surface area (Å²) < 4.78 is 4.89. The van der Waals surface area contributed by atoms with E-state index >= 15 is 0 Å². The van der Waals surface area contributed by atoms with Gasteiger partial charge in [0.1, 0.15) is 0 Å². The van der Waals surface area contributed by atoms with Gasteiger partial charge in [0.2, 0.25) is 0 Å². The second-order valence-electron chi connectivity index (χ2n) is 23.0. The van der Waals surface area contributed by atoms with Crippen LogP contribution in [0.5, 0.6) is 5.75 Å². The van der Waals surface area contributed by atoms with Crippen molar-refractivity contribution in [3.8, 4) is 11.8 Å². The molecule has 0 fully saturated rings. The number of unbranched alkanes of at least 4 members (excludes halogenated alkanes) is 36. The Morgan fingerprint density at radius 1 is 0.459 bits per heavy atom. The summed E-state index contributed by atoms with van der Waals surface area (Å²) in [5.74, 6) is 11.5. The Morgan fingerprint density at radius 3 is 1.04 bits per heavy atom. The van der Waals surface area contributed by atoms with Crippen LogP contribution in [0.2, 0.25) is 0 Å². The molecule has 0 aliphatic carbocycles. The van der Waals surface area contributed by atoms with Gasteiger partial charge in [-0.25, -0.2) is 10.0 Å². The minimum atomic E-state index is -0.439. The minimum absolute atomic E-state index is 0. The monoisotopic (exact) mass is 1070 g/mol. The molecule has 0 bridgehead atoms. The molecular weight excluding hydrogens is 947 g/mol. The normalized spacial score (nSPS) is 13.1. The standard InChI is InChI=1S/C59H120N5O.C7H7O.Cr/c1-7-11-15-19-23-27-31-35-39-43-47-56(5)52-62(54-58(51-60)49-45-41-37-33-29-25-21-17-13-9-3)64(61)63(53-57(6)48-44-40-36-32-28-24-20-16-12-8-2)55-59(65)50-46-42-38-34-30-26-22-18-14-10-4;1-8-7-5-3-2-4-6-7;/h56-59,61,65H,7-50,52-55H2,1-6H3;3-6H,1H3;/q2*-1;+2. The smallest absolute Gasteiger partial charge is 0.579 e. The SMILES string of the molecule is CCCCCCCCCCCCC(C)CN(CC(O)CCCCCCCCCCCC)N([NH-])N(CC(C)CCCCCCCCCCCC)CC(C#N)CCCCCCCCCCCC.COc1cc[c-]cc1.[Cr+2]. The Bertz CT molecular complexity index is 1220. The summed E-state index contributed by atoms with van der Waals surface area (Å²) >= 11 is 0. The number of rotatable bonds is 55. The number of ether oxygens (including phenoxy) is 1. The maximum atomic E-state index is 11.6. The van der Waals surface area contributed by atoms with Crippen molar-refractivity contribution in [2.45, 2.75) is 330 Å². The number of hydrogen-bond acceptors (Lipinski definition) is 6. The molecule has 4 atom stereocenters. The van der Waals surface area contributed by atoms with Crippen molar-refractivity contribution in [3.05, 3.63) is 36.2 Å². The fourth-order valence-corrected chi connectivity index (χ4v) is 10.5. The van der Waals surface area contributed by atoms with E-state index in [4.69, 9.17) is 4.74 Å². The molecule has 8 heteroatoms. The number of benzene rings is 1. The van der Waals surface area contributed by atoms with E-state index in [0.29, 0.717) is 24.9 Å². The van der Waals surface area contributed by atoms with Crippen LogP contribution in [0.1, 0.15) is 324 Å². The van der Waals surface area contributed by atoms with Crippen molar-refractivity contribution >= 4 is 0 Å². The number of methoxy groups -OCH3 is 1. The summed E-state index contributed by atoms with van der Waals surface area (Å²) in [5, 5.41) is 28.1. The third kappa shape index (κ3) is 50.4. The summed E-state index contributed by atoms with van der Waals surface area (Å²) in [6.07, 6.45) is 56.8. The van der Waals surface area contributed by atoms with Crippen LogP contribution in [0.15, 0.2) is 24.3 Å². The average Bonchev–Trinajstić information content (AvgIpc) is 3.40. The number of hydrazine groups is 2. The van der Waals surface area contributed by atoms with Crippen LogP contribution in [0.3, 0.4) is 0 Å². The van der Waals surface area contributed by atoms with Gasteiger partial charge in [-0.05, 0) is 37.5 Å². The van der Waals surface area contributed by atoms with Crippen LogP contribution < -0.4 is 4.74 Å². The molecule has 1 rings (SSSR count). The van der Waals surface area contributed by atoms with Crippen molar-refractivity contribution in [3.63, 3.8) is 0 Å². The van der Waals surface area contributed by atoms with Gasteiger partial charge in [0.05, 0.1) is 25.2 Å². The number of nitrogens with one attached hydrogen (secondary N) is 1. The molecule has 0 saturated heterocycles. The van der Waals surface area contributed by atoms with Crippen molar-refractivity contribution in [2.24, 2.45) is 17.8 Å². The number of aliphatic hydroxyl groups excluding tert-OH is 1. The van der Waals surface area contributed by atoms with E-state index in [1.165, 1.54) is 257 Å². The fourth-order valence-electron chi connectivity index (χ4n) is 10.5. The third-order valence-corrected chi connectivity index (χ3v) is 15.4. The van der Waals surface area contributed by atoms with E-state index in [9.17, 15) is 16.2 Å². The van der Waals surface area contributed by atoms with Crippen LogP contribution in [-0.4, -0.2) is 59.7 Å². The number of aliphatic hydroxyl groups is 1. The van der Waals surface area contributed by atoms with Gasteiger partial charge in [0, 0.05) is 31.9 Å². The molecule has 2 N–H and O–H groups in total. The predicted octanol–water partition coefficient (Wildman–Crippen LogP) is 21.2. The van der Waals surface area contributed by atoms with Gasteiger partial charge in [-0.1, -0.05) is 298 Å². The van der Waals surface area contributed by atoms with E-state index in [1.807, 2.05) is 24.3 Å². The van der Waals surface area contributed by atoms with Gasteiger partial charge in [0.25, 0.3) is 0 Å². The van der Waals surface area contributed by atoms with Crippen molar-refractivity contribution < 1.29 is 27.2 Å². The topological polar surface area (TPSA) is 86.8 Å². The molecule has 0 aromatic heterocycles. The molecule has 1 aromatic carbocycles. The first kappa shape index (κ1) is 74.9. The maximum Gasteiger partial charge on any atom is 2.00 e.